The lowest BCUT2D eigenvalue weighted by Crippen LogP contribution is -2.37. The Labute approximate surface area is 163 Å². The van der Waals surface area contributed by atoms with Crippen LogP contribution in [-0.4, -0.2) is 43.0 Å². The van der Waals surface area contributed by atoms with Crippen LogP contribution in [0.25, 0.3) is 10.2 Å². The summed E-state index contributed by atoms with van der Waals surface area (Å²) in [6, 6.07) is 10.6. The van der Waals surface area contributed by atoms with E-state index in [1.54, 1.807) is 11.0 Å². The Kier molecular flexibility index (Phi) is 5.87. The summed E-state index contributed by atoms with van der Waals surface area (Å²) in [4.78, 5) is 21.4. The summed E-state index contributed by atoms with van der Waals surface area (Å²) >= 11 is 1.35. The lowest BCUT2D eigenvalue weighted by molar-refractivity contribution is -0.118. The molecule has 0 unspecified atom stereocenters. The fourth-order valence-corrected chi connectivity index (χ4v) is 3.85. The Balaban J connectivity index is 1.88. The number of carbonyl (C=O) groups excluding carboxylic acids is 1. The molecule has 27 heavy (non-hydrogen) atoms. The first-order valence-electron chi connectivity index (χ1n) is 8.91. The SMILES string of the molecule is Cc1ccc(CC(=O)N(CCN(C)C)c2nc3ccc(F)cc3s2)cc1C. The molecule has 0 radical (unpaired) electrons. The summed E-state index contributed by atoms with van der Waals surface area (Å²) in [5.41, 5.74) is 4.09. The zero-order chi connectivity index (χ0) is 19.6. The van der Waals surface area contributed by atoms with Crippen LogP contribution in [0.4, 0.5) is 9.52 Å². The molecule has 0 bridgehead atoms. The maximum Gasteiger partial charge on any atom is 0.233 e. The molecule has 0 saturated carbocycles. The first kappa shape index (κ1) is 19.5. The summed E-state index contributed by atoms with van der Waals surface area (Å²) in [7, 11) is 3.94. The summed E-state index contributed by atoms with van der Waals surface area (Å²) in [5.74, 6) is -0.293. The summed E-state index contributed by atoms with van der Waals surface area (Å²) in [6.45, 7) is 5.38. The Morgan fingerprint density at radius 2 is 1.85 bits per heavy atom. The number of thiazole rings is 1. The number of aryl methyl sites for hydroxylation is 2. The van der Waals surface area contributed by atoms with Crippen LogP contribution in [0, 0.1) is 19.7 Å². The van der Waals surface area contributed by atoms with E-state index in [0.29, 0.717) is 23.6 Å². The average Bonchev–Trinajstić information content (AvgIpc) is 3.00. The lowest BCUT2D eigenvalue weighted by atomic mass is 10.0. The van der Waals surface area contributed by atoms with Crippen LogP contribution in [-0.2, 0) is 11.2 Å². The van der Waals surface area contributed by atoms with Crippen molar-refractivity contribution in [1.82, 2.24) is 9.88 Å². The van der Waals surface area contributed by atoms with Gasteiger partial charge in [-0.1, -0.05) is 29.5 Å². The van der Waals surface area contributed by atoms with Gasteiger partial charge in [0.15, 0.2) is 5.13 Å². The molecular weight excluding hydrogens is 361 g/mol. The van der Waals surface area contributed by atoms with Crippen LogP contribution in [0.3, 0.4) is 0 Å². The van der Waals surface area contributed by atoms with Gasteiger partial charge in [0.25, 0.3) is 0 Å². The quantitative estimate of drug-likeness (QED) is 0.638. The van der Waals surface area contributed by atoms with Crippen LogP contribution in [0.5, 0.6) is 0 Å². The minimum absolute atomic E-state index is 0.000342. The van der Waals surface area contributed by atoms with E-state index in [2.05, 4.69) is 24.9 Å². The molecule has 0 aliphatic rings. The molecule has 0 aliphatic heterocycles. The number of aromatic nitrogens is 1. The second-order valence-corrected chi connectivity index (χ2v) is 8.06. The zero-order valence-electron chi connectivity index (χ0n) is 16.1. The molecule has 1 aromatic heterocycles. The van der Waals surface area contributed by atoms with Gasteiger partial charge in [-0.15, -0.1) is 0 Å². The smallest absolute Gasteiger partial charge is 0.233 e. The van der Waals surface area contributed by atoms with Gasteiger partial charge in [-0.2, -0.15) is 0 Å². The van der Waals surface area contributed by atoms with Gasteiger partial charge in [0.1, 0.15) is 5.82 Å². The third-order valence-corrected chi connectivity index (χ3v) is 5.61. The van der Waals surface area contributed by atoms with Crippen molar-refractivity contribution in [3.05, 3.63) is 58.9 Å². The second kappa shape index (κ2) is 8.15. The van der Waals surface area contributed by atoms with Gasteiger partial charge in [0.05, 0.1) is 16.6 Å². The molecule has 0 saturated heterocycles. The van der Waals surface area contributed by atoms with Crippen molar-refractivity contribution in [3.63, 3.8) is 0 Å². The molecule has 4 nitrogen and oxygen atoms in total. The highest BCUT2D eigenvalue weighted by Gasteiger charge is 2.20. The minimum Gasteiger partial charge on any atom is -0.308 e. The van der Waals surface area contributed by atoms with Gasteiger partial charge in [0.2, 0.25) is 5.91 Å². The van der Waals surface area contributed by atoms with Crippen molar-refractivity contribution in [2.45, 2.75) is 20.3 Å². The second-order valence-electron chi connectivity index (χ2n) is 7.05. The highest BCUT2D eigenvalue weighted by molar-refractivity contribution is 7.22. The van der Waals surface area contributed by atoms with E-state index in [1.807, 2.05) is 31.1 Å². The normalized spacial score (nSPS) is 11.3. The molecule has 0 N–H and O–H groups in total. The van der Waals surface area contributed by atoms with Gasteiger partial charge < -0.3 is 4.90 Å². The van der Waals surface area contributed by atoms with Gasteiger partial charge >= 0.3 is 0 Å². The van der Waals surface area contributed by atoms with Crippen LogP contribution in [0.15, 0.2) is 36.4 Å². The summed E-state index contributed by atoms with van der Waals surface area (Å²) in [5, 5.41) is 0.617. The van der Waals surface area contributed by atoms with E-state index in [1.165, 1.54) is 34.6 Å². The minimum atomic E-state index is -0.293. The van der Waals surface area contributed by atoms with Crippen molar-refractivity contribution in [3.8, 4) is 0 Å². The standard InChI is InChI=1S/C21H24FN3OS/c1-14-5-6-16(11-15(14)2)12-20(26)25(10-9-24(3)4)21-23-18-8-7-17(22)13-19(18)27-21/h5-8,11,13H,9-10,12H2,1-4H3. The summed E-state index contributed by atoms with van der Waals surface area (Å²) < 4.78 is 14.3. The first-order valence-corrected chi connectivity index (χ1v) is 9.72. The fourth-order valence-electron chi connectivity index (χ4n) is 2.81. The predicted octanol–water partition coefficient (Wildman–Crippen LogP) is 4.19. The highest BCUT2D eigenvalue weighted by Crippen LogP contribution is 2.29. The topological polar surface area (TPSA) is 36.4 Å². The number of fused-ring (bicyclic) bond motifs is 1. The molecule has 142 valence electrons. The number of carbonyl (C=O) groups is 1. The van der Waals surface area contributed by atoms with Crippen LogP contribution >= 0.6 is 11.3 Å². The maximum absolute atomic E-state index is 13.5. The first-order chi connectivity index (χ1) is 12.8. The molecule has 0 spiro atoms. The monoisotopic (exact) mass is 385 g/mol. The van der Waals surface area contributed by atoms with Crippen molar-refractivity contribution in [1.29, 1.82) is 0 Å². The molecule has 2 aromatic carbocycles. The molecule has 0 aliphatic carbocycles. The van der Waals surface area contributed by atoms with Crippen molar-refractivity contribution in [2.75, 3.05) is 32.1 Å². The van der Waals surface area contributed by atoms with Gasteiger partial charge in [0, 0.05) is 13.1 Å². The molecule has 6 heteroatoms. The molecule has 3 aromatic rings. The molecular formula is C21H24FN3OS. The van der Waals surface area contributed by atoms with Gasteiger partial charge in [-0.25, -0.2) is 9.37 Å². The molecule has 3 rings (SSSR count). The van der Waals surface area contributed by atoms with E-state index in [0.717, 1.165) is 16.8 Å². The number of rotatable bonds is 6. The number of hydrogen-bond donors (Lipinski definition) is 0. The maximum atomic E-state index is 13.5. The summed E-state index contributed by atoms with van der Waals surface area (Å²) in [6.07, 6.45) is 0.318. The molecule has 0 atom stereocenters. The number of likely N-dealkylation sites (N-methyl/N-ethyl adjacent to an activating group) is 1. The number of anilines is 1. The lowest BCUT2D eigenvalue weighted by Gasteiger charge is -2.22. The molecule has 1 heterocycles. The van der Waals surface area contributed by atoms with Crippen LogP contribution < -0.4 is 4.90 Å². The number of nitrogens with zero attached hydrogens (tertiary/aromatic N) is 3. The van der Waals surface area contributed by atoms with E-state index in [9.17, 15) is 9.18 Å². The van der Waals surface area contributed by atoms with E-state index in [-0.39, 0.29) is 11.7 Å². The third kappa shape index (κ3) is 4.70. The zero-order valence-corrected chi connectivity index (χ0v) is 16.9. The largest absolute Gasteiger partial charge is 0.308 e. The molecule has 1 amide bonds. The Bertz CT molecular complexity index is 967. The third-order valence-electron chi connectivity index (χ3n) is 4.57. The Hall–Kier alpha value is -2.31. The predicted molar refractivity (Wildman–Crippen MR) is 110 cm³/mol. The van der Waals surface area contributed by atoms with E-state index < -0.39 is 0 Å². The number of amides is 1. The van der Waals surface area contributed by atoms with Crippen LogP contribution in [0.2, 0.25) is 0 Å². The highest BCUT2D eigenvalue weighted by atomic mass is 32.1. The molecule has 0 fully saturated rings. The number of hydrogen-bond acceptors (Lipinski definition) is 4. The fraction of sp³-hybridized carbons (Fsp3) is 0.333. The van der Waals surface area contributed by atoms with E-state index in [4.69, 9.17) is 0 Å². The average molecular weight is 386 g/mol. The Morgan fingerprint density at radius 3 is 2.56 bits per heavy atom. The van der Waals surface area contributed by atoms with E-state index >= 15 is 0 Å². The van der Waals surface area contributed by atoms with Gasteiger partial charge in [-0.05, 0) is 62.8 Å². The van der Waals surface area contributed by atoms with Gasteiger partial charge in [-0.3, -0.25) is 9.69 Å². The number of halogens is 1. The van der Waals surface area contributed by atoms with Crippen molar-refractivity contribution in [2.24, 2.45) is 0 Å². The number of benzene rings is 2. The van der Waals surface area contributed by atoms with Crippen molar-refractivity contribution < 1.29 is 9.18 Å². The van der Waals surface area contributed by atoms with Crippen molar-refractivity contribution >= 4 is 32.6 Å². The van der Waals surface area contributed by atoms with Crippen LogP contribution in [0.1, 0.15) is 16.7 Å². The Morgan fingerprint density at radius 1 is 1.07 bits per heavy atom.